The zero-order chi connectivity index (χ0) is 16.6. The fourth-order valence-electron chi connectivity index (χ4n) is 3.97. The molecule has 0 aromatic carbocycles. The maximum Gasteiger partial charge on any atom is 0.248 e. The van der Waals surface area contributed by atoms with Gasteiger partial charge < -0.3 is 9.64 Å². The first kappa shape index (κ1) is 16.8. The van der Waals surface area contributed by atoms with Gasteiger partial charge in [-0.2, -0.15) is 0 Å². The third-order valence-corrected chi connectivity index (χ3v) is 7.55. The number of thiazole rings is 1. The molecule has 1 spiro atoms. The second-order valence-corrected chi connectivity index (χ2v) is 9.77. The number of aromatic nitrogens is 1. The molecule has 1 aromatic heterocycles. The molecule has 1 atom stereocenters. The zero-order valence-corrected chi connectivity index (χ0v) is 15.8. The summed E-state index contributed by atoms with van der Waals surface area (Å²) in [6.45, 7) is 7.36. The molecule has 3 saturated heterocycles. The summed E-state index contributed by atoms with van der Waals surface area (Å²) >= 11 is 3.76. The van der Waals surface area contributed by atoms with E-state index in [1.54, 1.807) is 11.3 Å². The Bertz CT molecular complexity index is 594. The molecule has 24 heavy (non-hydrogen) atoms. The number of nitrogens with zero attached hydrogens (tertiary/aromatic N) is 3. The summed E-state index contributed by atoms with van der Waals surface area (Å²) < 4.78 is 6.28. The molecular formula is C17H25N3O2S2. The zero-order valence-electron chi connectivity index (χ0n) is 14.2. The maximum atomic E-state index is 12.1. The first-order chi connectivity index (χ1) is 11.6. The van der Waals surface area contributed by atoms with Crippen molar-refractivity contribution in [1.29, 1.82) is 0 Å². The van der Waals surface area contributed by atoms with E-state index in [2.05, 4.69) is 22.2 Å². The normalized spacial score (nSPS) is 26.2. The summed E-state index contributed by atoms with van der Waals surface area (Å²) in [5.41, 5.74) is 1.19. The van der Waals surface area contributed by atoms with Gasteiger partial charge in [0.15, 0.2) is 0 Å². The second-order valence-electron chi connectivity index (χ2n) is 7.22. The Balaban J connectivity index is 1.19. The standard InChI is InChI=1S/C17H25N3O2S2/c1-13-18-14(9-23-13)7-19-11-17(12-19)6-15(10-24-17)22-8-16(21)20-4-2-3-5-20/h9,15H,2-8,10-12H2,1H3. The molecule has 4 rings (SSSR count). The van der Waals surface area contributed by atoms with E-state index in [1.807, 2.05) is 16.7 Å². The van der Waals surface area contributed by atoms with Crippen LogP contribution in [0.4, 0.5) is 0 Å². The number of hydrogen-bond acceptors (Lipinski definition) is 6. The Morgan fingerprint density at radius 1 is 1.42 bits per heavy atom. The van der Waals surface area contributed by atoms with Crippen LogP contribution in [0.2, 0.25) is 0 Å². The van der Waals surface area contributed by atoms with Crippen LogP contribution in [0.3, 0.4) is 0 Å². The van der Waals surface area contributed by atoms with Crippen LogP contribution in [0.1, 0.15) is 30.0 Å². The Kier molecular flexibility index (Phi) is 4.86. The topological polar surface area (TPSA) is 45.7 Å². The highest BCUT2D eigenvalue weighted by molar-refractivity contribution is 8.01. The van der Waals surface area contributed by atoms with Crippen molar-refractivity contribution in [2.24, 2.45) is 0 Å². The lowest BCUT2D eigenvalue weighted by Crippen LogP contribution is -2.58. The fraction of sp³-hybridized carbons (Fsp3) is 0.765. The molecule has 0 radical (unpaired) electrons. The van der Waals surface area contributed by atoms with Gasteiger partial charge in [0, 0.05) is 48.6 Å². The van der Waals surface area contributed by atoms with Crippen molar-refractivity contribution in [3.8, 4) is 0 Å². The molecule has 7 heteroatoms. The Morgan fingerprint density at radius 3 is 2.92 bits per heavy atom. The van der Waals surface area contributed by atoms with Crippen molar-refractivity contribution in [3.63, 3.8) is 0 Å². The molecule has 0 saturated carbocycles. The summed E-state index contributed by atoms with van der Waals surface area (Å²) in [6.07, 6.45) is 3.60. The molecule has 1 unspecified atom stereocenters. The van der Waals surface area contributed by atoms with Crippen LogP contribution in [-0.4, -0.2) is 70.1 Å². The minimum Gasteiger partial charge on any atom is -0.367 e. The molecule has 1 amide bonds. The molecule has 0 N–H and O–H groups in total. The lowest BCUT2D eigenvalue weighted by Gasteiger charge is -2.47. The van der Waals surface area contributed by atoms with Crippen molar-refractivity contribution in [2.45, 2.75) is 43.6 Å². The van der Waals surface area contributed by atoms with Gasteiger partial charge in [-0.1, -0.05) is 0 Å². The van der Waals surface area contributed by atoms with E-state index >= 15 is 0 Å². The van der Waals surface area contributed by atoms with Crippen LogP contribution in [0.5, 0.6) is 0 Å². The van der Waals surface area contributed by atoms with Gasteiger partial charge in [-0.05, 0) is 26.2 Å². The van der Waals surface area contributed by atoms with E-state index < -0.39 is 0 Å². The Morgan fingerprint density at radius 2 is 2.21 bits per heavy atom. The highest BCUT2D eigenvalue weighted by Gasteiger charge is 2.49. The van der Waals surface area contributed by atoms with Crippen LogP contribution in [0.25, 0.3) is 0 Å². The van der Waals surface area contributed by atoms with E-state index in [9.17, 15) is 4.79 Å². The molecule has 3 fully saturated rings. The number of ether oxygens (including phenoxy) is 1. The van der Waals surface area contributed by atoms with E-state index in [0.717, 1.165) is 62.7 Å². The quantitative estimate of drug-likeness (QED) is 0.798. The number of rotatable bonds is 5. The Hall–Kier alpha value is -0.630. The smallest absolute Gasteiger partial charge is 0.248 e. The lowest BCUT2D eigenvalue weighted by atomic mass is 9.93. The first-order valence-corrected chi connectivity index (χ1v) is 10.7. The predicted molar refractivity (Wildman–Crippen MR) is 97.5 cm³/mol. The number of thioether (sulfide) groups is 1. The number of hydrogen-bond donors (Lipinski definition) is 0. The van der Waals surface area contributed by atoms with Crippen LogP contribution in [0, 0.1) is 6.92 Å². The van der Waals surface area contributed by atoms with Crippen molar-refractivity contribution < 1.29 is 9.53 Å². The fourth-order valence-corrected chi connectivity index (χ4v) is 6.18. The van der Waals surface area contributed by atoms with Gasteiger partial charge in [0.2, 0.25) is 5.91 Å². The number of likely N-dealkylation sites (tertiary alicyclic amines) is 2. The van der Waals surface area contributed by atoms with Crippen molar-refractivity contribution >= 4 is 29.0 Å². The van der Waals surface area contributed by atoms with Gasteiger partial charge in [-0.25, -0.2) is 4.98 Å². The second kappa shape index (κ2) is 6.94. The number of carbonyl (C=O) groups is 1. The molecule has 0 aliphatic carbocycles. The van der Waals surface area contributed by atoms with Crippen LogP contribution in [0.15, 0.2) is 5.38 Å². The summed E-state index contributed by atoms with van der Waals surface area (Å²) in [4.78, 5) is 21.1. The minimum absolute atomic E-state index is 0.174. The predicted octanol–water partition coefficient (Wildman–Crippen LogP) is 2.15. The molecule has 5 nitrogen and oxygen atoms in total. The van der Waals surface area contributed by atoms with E-state index in [1.165, 1.54) is 5.69 Å². The maximum absolute atomic E-state index is 12.1. The minimum atomic E-state index is 0.174. The van der Waals surface area contributed by atoms with Gasteiger partial charge in [-0.3, -0.25) is 9.69 Å². The van der Waals surface area contributed by atoms with Crippen molar-refractivity contribution in [3.05, 3.63) is 16.1 Å². The summed E-state index contributed by atoms with van der Waals surface area (Å²) in [6, 6.07) is 0. The van der Waals surface area contributed by atoms with Crippen molar-refractivity contribution in [1.82, 2.24) is 14.8 Å². The van der Waals surface area contributed by atoms with E-state index in [-0.39, 0.29) is 18.6 Å². The summed E-state index contributed by atoms with van der Waals surface area (Å²) in [5, 5.41) is 3.31. The summed E-state index contributed by atoms with van der Waals surface area (Å²) in [5.74, 6) is 1.20. The first-order valence-electron chi connectivity index (χ1n) is 8.79. The highest BCUT2D eigenvalue weighted by atomic mass is 32.2. The third-order valence-electron chi connectivity index (χ3n) is 5.15. The lowest BCUT2D eigenvalue weighted by molar-refractivity contribution is -0.136. The van der Waals surface area contributed by atoms with E-state index in [0.29, 0.717) is 4.75 Å². The summed E-state index contributed by atoms with van der Waals surface area (Å²) in [7, 11) is 0. The van der Waals surface area contributed by atoms with Gasteiger partial charge in [-0.15, -0.1) is 23.1 Å². The van der Waals surface area contributed by atoms with Gasteiger partial charge in [0.25, 0.3) is 0 Å². The van der Waals surface area contributed by atoms with Crippen molar-refractivity contribution in [2.75, 3.05) is 38.5 Å². The SMILES string of the molecule is Cc1nc(CN2CC3(CC(OCC(=O)N4CCCC4)CS3)C2)cs1. The van der Waals surface area contributed by atoms with Gasteiger partial charge >= 0.3 is 0 Å². The van der Waals surface area contributed by atoms with Crippen LogP contribution in [-0.2, 0) is 16.1 Å². The third kappa shape index (κ3) is 3.64. The molecule has 0 bridgehead atoms. The number of carbonyl (C=O) groups excluding carboxylic acids is 1. The highest BCUT2D eigenvalue weighted by Crippen LogP contribution is 2.46. The van der Waals surface area contributed by atoms with Gasteiger partial charge in [0.1, 0.15) is 6.61 Å². The van der Waals surface area contributed by atoms with E-state index in [4.69, 9.17) is 4.74 Å². The number of aryl methyl sites for hydroxylation is 1. The van der Waals surface area contributed by atoms with Crippen LogP contribution >= 0.6 is 23.1 Å². The number of amides is 1. The average molecular weight is 368 g/mol. The molecule has 3 aliphatic rings. The molecular weight excluding hydrogens is 342 g/mol. The molecule has 132 valence electrons. The monoisotopic (exact) mass is 367 g/mol. The molecule has 1 aromatic rings. The largest absolute Gasteiger partial charge is 0.367 e. The average Bonchev–Trinajstić information content (AvgIpc) is 3.25. The molecule has 4 heterocycles. The Labute approximate surface area is 151 Å². The molecule has 3 aliphatic heterocycles. The van der Waals surface area contributed by atoms with Crippen LogP contribution < -0.4 is 0 Å². The van der Waals surface area contributed by atoms with Gasteiger partial charge in [0.05, 0.1) is 16.8 Å².